The van der Waals surface area contributed by atoms with Crippen LogP contribution in [0.4, 0.5) is 0 Å². The van der Waals surface area contributed by atoms with Crippen LogP contribution in [0.1, 0.15) is 19.3 Å². The fourth-order valence-corrected chi connectivity index (χ4v) is 1.57. The highest BCUT2D eigenvalue weighted by atomic mass is 16.5. The number of nitrogens with zero attached hydrogens (tertiary/aromatic N) is 1. The third-order valence-electron chi connectivity index (χ3n) is 2.70. The molecule has 0 spiro atoms. The number of ether oxygens (including phenoxy) is 1. The van der Waals surface area contributed by atoms with Gasteiger partial charge in [-0.15, -0.1) is 0 Å². The zero-order valence-electron chi connectivity index (χ0n) is 8.74. The molecule has 0 aromatic carbocycles. The number of aliphatic hydroxyl groups excluding tert-OH is 1. The van der Waals surface area contributed by atoms with Crippen molar-refractivity contribution < 1.29 is 14.6 Å². The van der Waals surface area contributed by atoms with E-state index >= 15 is 0 Å². The van der Waals surface area contributed by atoms with Crippen LogP contribution in [0.15, 0.2) is 0 Å². The van der Waals surface area contributed by atoms with Gasteiger partial charge in [0.15, 0.2) is 0 Å². The van der Waals surface area contributed by atoms with E-state index in [1.165, 1.54) is 0 Å². The lowest BCUT2D eigenvalue weighted by atomic mass is 9.84. The molecule has 0 bridgehead atoms. The van der Waals surface area contributed by atoms with Gasteiger partial charge in [0.05, 0.1) is 13.2 Å². The largest absolute Gasteiger partial charge is 0.395 e. The molecule has 1 saturated carbocycles. The van der Waals surface area contributed by atoms with Gasteiger partial charge in [-0.3, -0.25) is 4.79 Å². The van der Waals surface area contributed by atoms with Crippen LogP contribution in [0.2, 0.25) is 0 Å². The van der Waals surface area contributed by atoms with Crippen molar-refractivity contribution in [1.29, 1.82) is 0 Å². The zero-order chi connectivity index (χ0) is 10.4. The average Bonchev–Trinajstić information content (AvgIpc) is 2.09. The minimum atomic E-state index is 0.0299. The van der Waals surface area contributed by atoms with Crippen molar-refractivity contribution >= 4 is 5.91 Å². The SMILES string of the molecule is COCCN(CCO)C(=O)C1CCC1. The topological polar surface area (TPSA) is 49.8 Å². The van der Waals surface area contributed by atoms with E-state index in [2.05, 4.69) is 0 Å². The summed E-state index contributed by atoms with van der Waals surface area (Å²) in [5.41, 5.74) is 0. The Morgan fingerprint density at radius 1 is 1.50 bits per heavy atom. The Morgan fingerprint density at radius 3 is 2.64 bits per heavy atom. The number of amides is 1. The molecule has 1 N–H and O–H groups in total. The van der Waals surface area contributed by atoms with E-state index in [1.54, 1.807) is 12.0 Å². The van der Waals surface area contributed by atoms with Gasteiger partial charge in [0.1, 0.15) is 0 Å². The first kappa shape index (κ1) is 11.5. The first-order valence-corrected chi connectivity index (χ1v) is 5.18. The molecule has 14 heavy (non-hydrogen) atoms. The maximum Gasteiger partial charge on any atom is 0.225 e. The van der Waals surface area contributed by atoms with Crippen molar-refractivity contribution in [2.24, 2.45) is 5.92 Å². The number of methoxy groups -OCH3 is 1. The number of rotatable bonds is 6. The van der Waals surface area contributed by atoms with Crippen LogP contribution in [-0.4, -0.2) is 49.3 Å². The van der Waals surface area contributed by atoms with Gasteiger partial charge < -0.3 is 14.7 Å². The van der Waals surface area contributed by atoms with Gasteiger partial charge in [-0.1, -0.05) is 6.42 Å². The third kappa shape index (κ3) is 2.96. The molecule has 0 aromatic heterocycles. The molecule has 0 saturated heterocycles. The monoisotopic (exact) mass is 201 g/mol. The van der Waals surface area contributed by atoms with Crippen LogP contribution in [0.5, 0.6) is 0 Å². The first-order chi connectivity index (χ1) is 6.79. The van der Waals surface area contributed by atoms with Gasteiger partial charge in [-0.2, -0.15) is 0 Å². The molecule has 0 unspecified atom stereocenters. The molecule has 4 heteroatoms. The summed E-state index contributed by atoms with van der Waals surface area (Å²) in [6, 6.07) is 0. The van der Waals surface area contributed by atoms with Gasteiger partial charge in [0.25, 0.3) is 0 Å². The van der Waals surface area contributed by atoms with Gasteiger partial charge in [-0.05, 0) is 12.8 Å². The Kier molecular flexibility index (Phi) is 4.90. The molecule has 1 rings (SSSR count). The molecule has 4 nitrogen and oxygen atoms in total. The number of carbonyl (C=O) groups excluding carboxylic acids is 1. The van der Waals surface area contributed by atoms with Crippen molar-refractivity contribution in [2.45, 2.75) is 19.3 Å². The van der Waals surface area contributed by atoms with Crippen LogP contribution in [0, 0.1) is 5.92 Å². The van der Waals surface area contributed by atoms with Crippen LogP contribution < -0.4 is 0 Å². The normalized spacial score (nSPS) is 16.4. The molecule has 1 amide bonds. The van der Waals surface area contributed by atoms with E-state index in [1.807, 2.05) is 0 Å². The Morgan fingerprint density at radius 2 is 2.21 bits per heavy atom. The van der Waals surface area contributed by atoms with Crippen LogP contribution in [-0.2, 0) is 9.53 Å². The number of carbonyl (C=O) groups is 1. The number of hydrogen-bond donors (Lipinski definition) is 1. The second kappa shape index (κ2) is 5.98. The number of aliphatic hydroxyl groups is 1. The van der Waals surface area contributed by atoms with Crippen molar-refractivity contribution in [3.63, 3.8) is 0 Å². The molecule has 0 atom stereocenters. The fourth-order valence-electron chi connectivity index (χ4n) is 1.57. The Bertz CT molecular complexity index is 180. The van der Waals surface area contributed by atoms with E-state index < -0.39 is 0 Å². The van der Waals surface area contributed by atoms with E-state index in [4.69, 9.17) is 9.84 Å². The lowest BCUT2D eigenvalue weighted by Gasteiger charge is -2.31. The highest BCUT2D eigenvalue weighted by Crippen LogP contribution is 2.28. The van der Waals surface area contributed by atoms with Crippen molar-refractivity contribution in [2.75, 3.05) is 33.4 Å². The number of hydrogen-bond acceptors (Lipinski definition) is 3. The standard InChI is InChI=1S/C10H19NO3/c1-14-8-6-11(5-7-12)10(13)9-3-2-4-9/h9,12H,2-8H2,1H3. The van der Waals surface area contributed by atoms with Crippen LogP contribution in [0.3, 0.4) is 0 Å². The fraction of sp³-hybridized carbons (Fsp3) is 0.900. The quantitative estimate of drug-likeness (QED) is 0.670. The lowest BCUT2D eigenvalue weighted by Crippen LogP contribution is -2.42. The van der Waals surface area contributed by atoms with Gasteiger partial charge >= 0.3 is 0 Å². The predicted molar refractivity (Wildman–Crippen MR) is 52.9 cm³/mol. The molecular weight excluding hydrogens is 182 g/mol. The maximum atomic E-state index is 11.8. The molecule has 0 aliphatic heterocycles. The van der Waals surface area contributed by atoms with E-state index in [-0.39, 0.29) is 18.4 Å². The summed E-state index contributed by atoms with van der Waals surface area (Å²) in [6.45, 7) is 1.59. The molecule has 1 aliphatic carbocycles. The first-order valence-electron chi connectivity index (χ1n) is 5.18. The Hall–Kier alpha value is -0.610. The second-order valence-electron chi connectivity index (χ2n) is 3.67. The average molecular weight is 201 g/mol. The third-order valence-corrected chi connectivity index (χ3v) is 2.70. The Balaban J connectivity index is 2.34. The highest BCUT2D eigenvalue weighted by Gasteiger charge is 2.28. The maximum absolute atomic E-state index is 11.8. The van der Waals surface area contributed by atoms with E-state index in [9.17, 15) is 4.79 Å². The summed E-state index contributed by atoms with van der Waals surface area (Å²) < 4.78 is 4.92. The smallest absolute Gasteiger partial charge is 0.225 e. The zero-order valence-corrected chi connectivity index (χ0v) is 8.74. The minimum Gasteiger partial charge on any atom is -0.395 e. The summed E-state index contributed by atoms with van der Waals surface area (Å²) in [6.07, 6.45) is 3.18. The van der Waals surface area contributed by atoms with E-state index in [0.29, 0.717) is 19.7 Å². The molecular formula is C10H19NO3. The summed E-state index contributed by atoms with van der Waals surface area (Å²) in [5, 5.41) is 8.82. The van der Waals surface area contributed by atoms with Crippen molar-refractivity contribution in [3.05, 3.63) is 0 Å². The molecule has 0 heterocycles. The van der Waals surface area contributed by atoms with Gasteiger partial charge in [0.2, 0.25) is 5.91 Å². The predicted octanol–water partition coefficient (Wildman–Crippen LogP) is 0.254. The van der Waals surface area contributed by atoms with Gasteiger partial charge in [-0.25, -0.2) is 0 Å². The summed E-state index contributed by atoms with van der Waals surface area (Å²) in [5.74, 6) is 0.390. The molecule has 0 aromatic rings. The van der Waals surface area contributed by atoms with Gasteiger partial charge in [0, 0.05) is 26.1 Å². The molecule has 0 radical (unpaired) electrons. The molecule has 1 fully saturated rings. The molecule has 82 valence electrons. The minimum absolute atomic E-state index is 0.0299. The van der Waals surface area contributed by atoms with Crippen LogP contribution >= 0.6 is 0 Å². The molecule has 1 aliphatic rings. The summed E-state index contributed by atoms with van der Waals surface area (Å²) in [4.78, 5) is 13.5. The van der Waals surface area contributed by atoms with E-state index in [0.717, 1.165) is 19.3 Å². The van der Waals surface area contributed by atoms with Crippen LogP contribution in [0.25, 0.3) is 0 Å². The highest BCUT2D eigenvalue weighted by molar-refractivity contribution is 5.79. The summed E-state index contributed by atoms with van der Waals surface area (Å²) >= 11 is 0. The van der Waals surface area contributed by atoms with Crippen molar-refractivity contribution in [3.8, 4) is 0 Å². The Labute approximate surface area is 84.8 Å². The summed E-state index contributed by atoms with van der Waals surface area (Å²) in [7, 11) is 1.62. The lowest BCUT2D eigenvalue weighted by molar-refractivity contribution is -0.139. The second-order valence-corrected chi connectivity index (χ2v) is 3.67. The van der Waals surface area contributed by atoms with Crippen molar-refractivity contribution in [1.82, 2.24) is 4.90 Å².